The van der Waals surface area contributed by atoms with E-state index < -0.39 is 46.1 Å². The van der Waals surface area contributed by atoms with Crippen LogP contribution in [0.4, 0.5) is 26.3 Å². The van der Waals surface area contributed by atoms with Crippen LogP contribution in [0.25, 0.3) is 11.0 Å². The Balaban J connectivity index is 3.07. The average molecular weight is 226 g/mol. The van der Waals surface area contributed by atoms with Crippen LogP contribution in [0.2, 0.25) is 0 Å². The van der Waals surface area contributed by atoms with Gasteiger partial charge in [0.05, 0.1) is 0 Å². The largest absolute Gasteiger partial charge is 0.425 e. The molecule has 0 bridgehead atoms. The second kappa shape index (κ2) is 2.91. The lowest BCUT2D eigenvalue weighted by atomic mass is 10.2. The minimum atomic E-state index is -2.22. The molecule has 1 nitrogen and oxygen atoms in total. The Kier molecular flexibility index (Phi) is 1.92. The smallest absolute Gasteiger partial charge is 0.315 e. The predicted octanol–water partition coefficient (Wildman–Crippen LogP) is 3.27. The molecule has 0 aliphatic heterocycles. The summed E-state index contributed by atoms with van der Waals surface area (Å²) in [6.45, 7) is 0. The molecule has 0 fully saturated rings. The maximum atomic E-state index is 12.9. The lowest BCUT2D eigenvalue weighted by molar-refractivity contribution is 0.335. The molecule has 0 unspecified atom stereocenters. The summed E-state index contributed by atoms with van der Waals surface area (Å²) in [5, 5.41) is -1.39. The molecule has 0 amide bonds. The molecule has 1 aromatic carbocycles. The lowest BCUT2D eigenvalue weighted by Gasteiger charge is -1.97. The highest BCUT2D eigenvalue weighted by atomic mass is 19.2. The summed E-state index contributed by atoms with van der Waals surface area (Å²) in [4.78, 5) is 0. The summed E-state index contributed by atoms with van der Waals surface area (Å²) < 4.78 is 79.8. The molecule has 0 spiro atoms. The van der Waals surface area contributed by atoms with Gasteiger partial charge in [0.1, 0.15) is 5.39 Å². The van der Waals surface area contributed by atoms with Crippen LogP contribution < -0.4 is 0 Å². The van der Waals surface area contributed by atoms with E-state index in [-0.39, 0.29) is 0 Å². The number of rotatable bonds is 0. The first-order chi connectivity index (χ1) is 6.95. The molecular formula is C8F6O. The first-order valence-electron chi connectivity index (χ1n) is 3.54. The van der Waals surface area contributed by atoms with E-state index in [9.17, 15) is 26.3 Å². The third-order valence-corrected chi connectivity index (χ3v) is 1.81. The van der Waals surface area contributed by atoms with Crippen LogP contribution in [0.5, 0.6) is 0 Å². The monoisotopic (exact) mass is 226 g/mol. The van der Waals surface area contributed by atoms with E-state index in [1.807, 2.05) is 0 Å². The molecule has 0 N–H and O–H groups in total. The molecule has 2 rings (SSSR count). The first-order valence-corrected chi connectivity index (χ1v) is 3.54. The molecule has 0 saturated carbocycles. The van der Waals surface area contributed by atoms with Gasteiger partial charge in [-0.2, -0.15) is 13.2 Å². The van der Waals surface area contributed by atoms with Crippen LogP contribution in [0.1, 0.15) is 0 Å². The van der Waals surface area contributed by atoms with Crippen LogP contribution in [-0.4, -0.2) is 0 Å². The van der Waals surface area contributed by atoms with E-state index in [0.29, 0.717) is 0 Å². The van der Waals surface area contributed by atoms with E-state index >= 15 is 0 Å². The van der Waals surface area contributed by atoms with Gasteiger partial charge in [0, 0.05) is 0 Å². The van der Waals surface area contributed by atoms with Crippen molar-refractivity contribution in [1.29, 1.82) is 0 Å². The Bertz CT molecular complexity index is 558. The Morgan fingerprint density at radius 2 is 1.13 bits per heavy atom. The van der Waals surface area contributed by atoms with Crippen molar-refractivity contribution in [2.75, 3.05) is 0 Å². The molecule has 1 heterocycles. The van der Waals surface area contributed by atoms with Gasteiger partial charge in [0.25, 0.3) is 0 Å². The van der Waals surface area contributed by atoms with Gasteiger partial charge >= 0.3 is 6.01 Å². The first kappa shape index (κ1) is 9.88. The second-order valence-corrected chi connectivity index (χ2v) is 2.65. The summed E-state index contributed by atoms with van der Waals surface area (Å²) in [6, 6.07) is -1.94. The summed E-state index contributed by atoms with van der Waals surface area (Å²) in [5.74, 6) is -10.3. The van der Waals surface area contributed by atoms with Crippen molar-refractivity contribution in [3.05, 3.63) is 35.1 Å². The Morgan fingerprint density at radius 1 is 0.600 bits per heavy atom. The zero-order chi connectivity index (χ0) is 11.3. The minimum Gasteiger partial charge on any atom is -0.425 e. The number of furan rings is 1. The van der Waals surface area contributed by atoms with Gasteiger partial charge in [-0.1, -0.05) is 0 Å². The van der Waals surface area contributed by atoms with Crippen molar-refractivity contribution in [1.82, 2.24) is 0 Å². The quantitative estimate of drug-likeness (QED) is 0.381. The fraction of sp³-hybridized carbons (Fsp3) is 0. The highest BCUT2D eigenvalue weighted by Crippen LogP contribution is 2.31. The molecule has 0 atom stereocenters. The van der Waals surface area contributed by atoms with E-state index in [0.717, 1.165) is 0 Å². The van der Waals surface area contributed by atoms with Crippen LogP contribution in [-0.2, 0) is 0 Å². The number of hydrogen-bond donors (Lipinski definition) is 0. The summed E-state index contributed by atoms with van der Waals surface area (Å²) in [5.41, 5.74) is -1.33. The number of halogens is 6. The average Bonchev–Trinajstić information content (AvgIpc) is 2.50. The Morgan fingerprint density at radius 3 is 1.73 bits per heavy atom. The summed E-state index contributed by atoms with van der Waals surface area (Å²) in [7, 11) is 0. The second-order valence-electron chi connectivity index (χ2n) is 2.65. The van der Waals surface area contributed by atoms with Crippen molar-refractivity contribution in [3.63, 3.8) is 0 Å². The van der Waals surface area contributed by atoms with Crippen molar-refractivity contribution in [2.45, 2.75) is 0 Å². The normalized spacial score (nSPS) is 11.3. The zero-order valence-electron chi connectivity index (χ0n) is 6.68. The lowest BCUT2D eigenvalue weighted by Crippen LogP contribution is -1.96. The van der Waals surface area contributed by atoms with Gasteiger partial charge < -0.3 is 4.42 Å². The van der Waals surface area contributed by atoms with Crippen LogP contribution in [0.3, 0.4) is 0 Å². The predicted molar refractivity (Wildman–Crippen MR) is 36.0 cm³/mol. The van der Waals surface area contributed by atoms with Gasteiger partial charge in [0.2, 0.25) is 17.5 Å². The van der Waals surface area contributed by atoms with Crippen LogP contribution in [0, 0.1) is 35.1 Å². The molecular weight excluding hydrogens is 226 g/mol. The highest BCUT2D eigenvalue weighted by Gasteiger charge is 2.28. The van der Waals surface area contributed by atoms with Crippen molar-refractivity contribution in [3.8, 4) is 0 Å². The number of fused-ring (bicyclic) bond motifs is 1. The van der Waals surface area contributed by atoms with Gasteiger partial charge in [-0.25, -0.2) is 13.2 Å². The highest BCUT2D eigenvalue weighted by molar-refractivity contribution is 5.79. The Hall–Kier alpha value is -1.66. The van der Waals surface area contributed by atoms with E-state index in [2.05, 4.69) is 4.42 Å². The molecule has 1 aromatic heterocycles. The molecule has 2 aromatic rings. The summed E-state index contributed by atoms with van der Waals surface area (Å²) >= 11 is 0. The molecule has 80 valence electrons. The van der Waals surface area contributed by atoms with Crippen LogP contribution >= 0.6 is 0 Å². The van der Waals surface area contributed by atoms with Gasteiger partial charge in [0.15, 0.2) is 17.2 Å². The number of benzene rings is 1. The third-order valence-electron chi connectivity index (χ3n) is 1.81. The van der Waals surface area contributed by atoms with Crippen molar-refractivity contribution in [2.24, 2.45) is 0 Å². The topological polar surface area (TPSA) is 13.1 Å². The molecule has 15 heavy (non-hydrogen) atoms. The van der Waals surface area contributed by atoms with E-state index in [1.165, 1.54) is 0 Å². The molecule has 0 radical (unpaired) electrons. The van der Waals surface area contributed by atoms with Crippen molar-refractivity contribution < 1.29 is 30.8 Å². The molecule has 0 aliphatic rings. The SMILES string of the molecule is Fc1oc2c(F)c(F)c(F)c(F)c2c1F. The van der Waals surface area contributed by atoms with Crippen molar-refractivity contribution >= 4 is 11.0 Å². The van der Waals surface area contributed by atoms with Gasteiger partial charge in [-0.3, -0.25) is 0 Å². The number of hydrogen-bond acceptors (Lipinski definition) is 1. The Labute approximate surface area is 77.9 Å². The maximum absolute atomic E-state index is 12.9. The molecule has 0 aliphatic carbocycles. The fourth-order valence-electron chi connectivity index (χ4n) is 1.14. The van der Waals surface area contributed by atoms with E-state index in [1.54, 1.807) is 0 Å². The summed E-state index contributed by atoms with van der Waals surface area (Å²) in [6.07, 6.45) is 0. The minimum absolute atomic E-state index is 1.33. The van der Waals surface area contributed by atoms with Crippen LogP contribution in [0.15, 0.2) is 4.42 Å². The maximum Gasteiger partial charge on any atom is 0.315 e. The van der Waals surface area contributed by atoms with Gasteiger partial charge in [-0.15, -0.1) is 0 Å². The van der Waals surface area contributed by atoms with E-state index in [4.69, 9.17) is 0 Å². The molecule has 7 heteroatoms. The zero-order valence-corrected chi connectivity index (χ0v) is 6.68. The standard InChI is InChI=1S/C8F6O/c9-2-1-3(10)8(14)15-7(1)6(13)5(12)4(2)11. The van der Waals surface area contributed by atoms with Gasteiger partial charge in [-0.05, 0) is 0 Å². The fourth-order valence-corrected chi connectivity index (χ4v) is 1.14. The third kappa shape index (κ3) is 1.12. The molecule has 0 saturated heterocycles.